The summed E-state index contributed by atoms with van der Waals surface area (Å²) in [6.45, 7) is 5.80. The predicted octanol–water partition coefficient (Wildman–Crippen LogP) is 5.54. The summed E-state index contributed by atoms with van der Waals surface area (Å²) < 4.78 is 7.02. The molecular weight excluding hydrogens is 515 g/mol. The van der Waals surface area contributed by atoms with Crippen LogP contribution in [0.5, 0.6) is 0 Å². The van der Waals surface area contributed by atoms with Crippen molar-refractivity contribution in [2.45, 2.75) is 36.6 Å². The Kier molecular flexibility index (Phi) is 8.79. The standard InChI is InChI=1S/C25H25N5O3S3/c1-4-33-23(32)22-17(3)26-24(36-22)27-21(31)15-35-25-29-28-20(30(25)18-8-6-5-7-9-18)14-34-19-12-10-16(2)11-13-19/h5-13H,4,14-15H2,1-3H3,(H,26,27,31). The number of hydrogen-bond donors (Lipinski definition) is 1. The van der Waals surface area contributed by atoms with E-state index >= 15 is 0 Å². The van der Waals surface area contributed by atoms with E-state index in [4.69, 9.17) is 4.74 Å². The second-order valence-corrected chi connectivity index (χ2v) is 10.7. The third-order valence-electron chi connectivity index (χ3n) is 4.94. The number of thiazole rings is 1. The van der Waals surface area contributed by atoms with Gasteiger partial charge in [-0.25, -0.2) is 9.78 Å². The van der Waals surface area contributed by atoms with Crippen LogP contribution in [0.1, 0.15) is 33.7 Å². The van der Waals surface area contributed by atoms with E-state index in [0.29, 0.717) is 26.6 Å². The molecule has 0 aliphatic carbocycles. The summed E-state index contributed by atoms with van der Waals surface area (Å²) in [6, 6.07) is 18.2. The second kappa shape index (κ2) is 12.2. The van der Waals surface area contributed by atoms with Gasteiger partial charge in [0.25, 0.3) is 0 Å². The van der Waals surface area contributed by atoms with Crippen molar-refractivity contribution < 1.29 is 14.3 Å². The van der Waals surface area contributed by atoms with Gasteiger partial charge in [0.2, 0.25) is 5.91 Å². The van der Waals surface area contributed by atoms with Crippen LogP contribution < -0.4 is 5.32 Å². The molecular formula is C25H25N5O3S3. The molecule has 8 nitrogen and oxygen atoms in total. The molecule has 1 amide bonds. The van der Waals surface area contributed by atoms with Gasteiger partial charge in [-0.3, -0.25) is 9.36 Å². The number of nitrogens with zero attached hydrogens (tertiary/aromatic N) is 4. The molecule has 11 heteroatoms. The number of rotatable bonds is 10. The Morgan fingerprint density at radius 2 is 1.78 bits per heavy atom. The number of aryl methyl sites for hydroxylation is 2. The number of ether oxygens (including phenoxy) is 1. The van der Waals surface area contributed by atoms with Gasteiger partial charge in [-0.05, 0) is 45.0 Å². The number of nitrogens with one attached hydrogen (secondary N) is 1. The molecule has 0 spiro atoms. The minimum Gasteiger partial charge on any atom is -0.462 e. The number of esters is 1. The topological polar surface area (TPSA) is 99.0 Å². The van der Waals surface area contributed by atoms with Crippen molar-refractivity contribution in [2.75, 3.05) is 17.7 Å². The minimum atomic E-state index is -0.436. The van der Waals surface area contributed by atoms with Crippen molar-refractivity contribution in [3.05, 3.63) is 76.6 Å². The van der Waals surface area contributed by atoms with Crippen molar-refractivity contribution in [3.8, 4) is 5.69 Å². The fraction of sp³-hybridized carbons (Fsp3) is 0.240. The molecule has 186 valence electrons. The van der Waals surface area contributed by atoms with Gasteiger partial charge in [-0.2, -0.15) is 0 Å². The quantitative estimate of drug-likeness (QED) is 0.207. The number of benzene rings is 2. The molecule has 0 atom stereocenters. The van der Waals surface area contributed by atoms with E-state index in [1.807, 2.05) is 34.9 Å². The van der Waals surface area contributed by atoms with Gasteiger partial charge in [0.05, 0.1) is 23.8 Å². The summed E-state index contributed by atoms with van der Waals surface area (Å²) in [7, 11) is 0. The van der Waals surface area contributed by atoms with Crippen LogP contribution in [0, 0.1) is 13.8 Å². The van der Waals surface area contributed by atoms with Crippen LogP contribution in [0.25, 0.3) is 5.69 Å². The maximum Gasteiger partial charge on any atom is 0.350 e. The highest BCUT2D eigenvalue weighted by atomic mass is 32.2. The first-order valence-electron chi connectivity index (χ1n) is 11.2. The maximum absolute atomic E-state index is 12.7. The zero-order valence-electron chi connectivity index (χ0n) is 20.1. The summed E-state index contributed by atoms with van der Waals surface area (Å²) in [5.74, 6) is 0.858. The molecule has 4 rings (SSSR count). The van der Waals surface area contributed by atoms with Crippen molar-refractivity contribution in [2.24, 2.45) is 0 Å². The average molecular weight is 540 g/mol. The Labute approximate surface area is 221 Å². The Bertz CT molecular complexity index is 1340. The van der Waals surface area contributed by atoms with Crippen LogP contribution in [0.4, 0.5) is 5.13 Å². The Balaban J connectivity index is 1.45. The summed E-state index contributed by atoms with van der Waals surface area (Å²) >= 11 is 4.08. The smallest absolute Gasteiger partial charge is 0.350 e. The zero-order chi connectivity index (χ0) is 25.5. The highest BCUT2D eigenvalue weighted by Gasteiger charge is 2.19. The third-order valence-corrected chi connectivity index (χ3v) is 7.93. The van der Waals surface area contributed by atoms with Crippen molar-refractivity contribution in [3.63, 3.8) is 0 Å². The van der Waals surface area contributed by atoms with Gasteiger partial charge in [-0.1, -0.05) is 59.0 Å². The minimum absolute atomic E-state index is 0.115. The number of carbonyl (C=O) groups is 2. The molecule has 1 N–H and O–H groups in total. The van der Waals surface area contributed by atoms with Crippen LogP contribution in [0.15, 0.2) is 64.6 Å². The van der Waals surface area contributed by atoms with Crippen molar-refractivity contribution in [1.29, 1.82) is 0 Å². The van der Waals surface area contributed by atoms with Gasteiger partial charge in [-0.15, -0.1) is 22.0 Å². The number of hydrogen-bond acceptors (Lipinski definition) is 9. The van der Waals surface area contributed by atoms with Crippen molar-refractivity contribution >= 4 is 51.9 Å². The van der Waals surface area contributed by atoms with E-state index < -0.39 is 5.97 Å². The van der Waals surface area contributed by atoms with Gasteiger partial charge in [0.1, 0.15) is 10.7 Å². The Morgan fingerprint density at radius 3 is 2.50 bits per heavy atom. The number of thioether (sulfide) groups is 2. The van der Waals surface area contributed by atoms with Crippen LogP contribution in [0.3, 0.4) is 0 Å². The second-order valence-electron chi connectivity index (χ2n) is 7.66. The van der Waals surface area contributed by atoms with E-state index in [-0.39, 0.29) is 18.3 Å². The zero-order valence-corrected chi connectivity index (χ0v) is 22.5. The molecule has 2 heterocycles. The molecule has 36 heavy (non-hydrogen) atoms. The lowest BCUT2D eigenvalue weighted by Gasteiger charge is -2.10. The summed E-state index contributed by atoms with van der Waals surface area (Å²) in [4.78, 5) is 30.5. The molecule has 0 radical (unpaired) electrons. The van der Waals surface area contributed by atoms with E-state index in [9.17, 15) is 9.59 Å². The Hall–Kier alpha value is -3.15. The summed E-state index contributed by atoms with van der Waals surface area (Å²) in [6.07, 6.45) is 0. The molecule has 2 aromatic carbocycles. The maximum atomic E-state index is 12.7. The van der Waals surface area contributed by atoms with Gasteiger partial charge in [0, 0.05) is 10.6 Å². The van der Waals surface area contributed by atoms with E-state index in [1.54, 1.807) is 25.6 Å². The summed E-state index contributed by atoms with van der Waals surface area (Å²) in [5.41, 5.74) is 2.68. The number of para-hydroxylation sites is 1. The van der Waals surface area contributed by atoms with Gasteiger partial charge < -0.3 is 10.1 Å². The first kappa shape index (κ1) is 25.9. The van der Waals surface area contributed by atoms with Crippen LogP contribution in [-0.4, -0.2) is 44.0 Å². The lowest BCUT2D eigenvalue weighted by molar-refractivity contribution is -0.113. The molecule has 0 unspecified atom stereocenters. The van der Waals surface area contributed by atoms with Gasteiger partial charge in [0.15, 0.2) is 10.3 Å². The largest absolute Gasteiger partial charge is 0.462 e. The fourth-order valence-electron chi connectivity index (χ4n) is 3.23. The molecule has 0 saturated carbocycles. The number of carbonyl (C=O) groups excluding carboxylic acids is 2. The highest BCUT2D eigenvalue weighted by Crippen LogP contribution is 2.28. The molecule has 0 aliphatic rings. The lowest BCUT2D eigenvalue weighted by Crippen LogP contribution is -2.14. The lowest BCUT2D eigenvalue weighted by atomic mass is 10.2. The van der Waals surface area contributed by atoms with Crippen LogP contribution in [0.2, 0.25) is 0 Å². The molecule has 0 aliphatic heterocycles. The number of amides is 1. The molecule has 4 aromatic rings. The predicted molar refractivity (Wildman–Crippen MR) is 144 cm³/mol. The third kappa shape index (κ3) is 6.54. The van der Waals surface area contributed by atoms with Crippen LogP contribution in [-0.2, 0) is 15.3 Å². The van der Waals surface area contributed by atoms with E-state index in [2.05, 4.69) is 51.7 Å². The van der Waals surface area contributed by atoms with Gasteiger partial charge >= 0.3 is 5.97 Å². The SMILES string of the molecule is CCOC(=O)c1sc(NC(=O)CSc2nnc(CSc3ccc(C)cc3)n2-c2ccccc2)nc1C. The molecule has 0 bridgehead atoms. The molecule has 2 aromatic heterocycles. The first-order chi connectivity index (χ1) is 17.4. The normalized spacial score (nSPS) is 10.9. The van der Waals surface area contributed by atoms with Crippen LogP contribution >= 0.6 is 34.9 Å². The number of aromatic nitrogens is 4. The fourth-order valence-corrected chi connectivity index (χ4v) is 5.69. The average Bonchev–Trinajstić information content (AvgIpc) is 3.45. The Morgan fingerprint density at radius 1 is 1.03 bits per heavy atom. The first-order valence-corrected chi connectivity index (χ1v) is 14.0. The monoisotopic (exact) mass is 539 g/mol. The molecule has 0 fully saturated rings. The highest BCUT2D eigenvalue weighted by molar-refractivity contribution is 7.99. The van der Waals surface area contributed by atoms with E-state index in [0.717, 1.165) is 27.7 Å². The summed E-state index contributed by atoms with van der Waals surface area (Å²) in [5, 5.41) is 12.5. The number of anilines is 1. The molecule has 0 saturated heterocycles. The van der Waals surface area contributed by atoms with Crippen molar-refractivity contribution in [1.82, 2.24) is 19.7 Å². The van der Waals surface area contributed by atoms with E-state index in [1.165, 1.54) is 17.3 Å².